The molecule has 13 heteroatoms. The Morgan fingerprint density at radius 3 is 2.57 bits per heavy atom. The summed E-state index contributed by atoms with van der Waals surface area (Å²) < 4.78 is 31.0. The van der Waals surface area contributed by atoms with Crippen LogP contribution in [-0.2, 0) is 15.9 Å². The highest BCUT2D eigenvalue weighted by molar-refractivity contribution is 6.76. The topological polar surface area (TPSA) is 101 Å². The average molecular weight is 781 g/mol. The van der Waals surface area contributed by atoms with Crippen LogP contribution in [0.25, 0.3) is 32.9 Å². The van der Waals surface area contributed by atoms with E-state index in [0.717, 1.165) is 29.1 Å². The Morgan fingerprint density at radius 2 is 1.91 bits per heavy atom. The number of amides is 2. The van der Waals surface area contributed by atoms with Gasteiger partial charge in [0.25, 0.3) is 0 Å². The van der Waals surface area contributed by atoms with E-state index in [-0.39, 0.29) is 53.0 Å². The molecule has 2 aromatic heterocycles. The summed E-state index contributed by atoms with van der Waals surface area (Å²) in [6.45, 7) is 17.0. The van der Waals surface area contributed by atoms with E-state index in [4.69, 9.17) is 37.7 Å². The first-order chi connectivity index (χ1) is 24.8. The van der Waals surface area contributed by atoms with Gasteiger partial charge in [-0.3, -0.25) is 0 Å². The van der Waals surface area contributed by atoms with Crippen molar-refractivity contribution in [3.8, 4) is 17.2 Å². The first kappa shape index (κ1) is 38.9. The van der Waals surface area contributed by atoms with E-state index in [2.05, 4.69) is 30.3 Å². The Morgan fingerprint density at radius 1 is 1.19 bits per heavy atom. The maximum Gasteiger partial charge on any atom is 0.410 e. The minimum Gasteiger partial charge on any atom is -0.450 e. The number of rotatable bonds is 9. The quantitative estimate of drug-likeness (QED) is 0.157. The Balaban J connectivity index is 1.57. The molecule has 2 amide bonds. The number of fused-ring (bicyclic) bond motifs is 4. The number of benzene rings is 2. The lowest BCUT2D eigenvalue weighted by atomic mass is 9.79. The number of halogens is 3. The number of hydrogen-bond donors (Lipinski definition) is 0. The molecule has 9 nitrogen and oxygen atoms in total. The molecule has 1 saturated carbocycles. The summed E-state index contributed by atoms with van der Waals surface area (Å²) in [5.74, 6) is -0.443. The SMILES string of the molecule is Cc1nc2c(F)c(-c3cccc(Cl)c3Cl)c(CCC#N)cc2c2c1cc([C@@H](C)N(C)C(=O)OCC[Si](C)(C)C)n2[C@H]1[C@@H]2C[C@H]1N(C(=O)OC(C)(C)C)C2. The fourth-order valence-electron chi connectivity index (χ4n) is 7.73. The number of aromatic nitrogens is 2. The highest BCUT2D eigenvalue weighted by Gasteiger charge is 2.56. The first-order valence-electron chi connectivity index (χ1n) is 18.2. The number of pyridine rings is 1. The van der Waals surface area contributed by atoms with Crippen LogP contribution < -0.4 is 0 Å². The lowest BCUT2D eigenvalue weighted by molar-refractivity contribution is 0.0208. The van der Waals surface area contributed by atoms with Crippen LogP contribution in [0.3, 0.4) is 0 Å². The molecule has 282 valence electrons. The van der Waals surface area contributed by atoms with Gasteiger partial charge in [-0.05, 0) is 77.3 Å². The molecule has 2 aliphatic heterocycles. The molecule has 7 rings (SSSR count). The minimum atomic E-state index is -1.43. The van der Waals surface area contributed by atoms with E-state index in [1.54, 1.807) is 30.1 Å². The fourth-order valence-corrected chi connectivity index (χ4v) is 8.84. The normalized spacial score (nSPS) is 18.9. The molecule has 2 bridgehead atoms. The summed E-state index contributed by atoms with van der Waals surface area (Å²) in [6.07, 6.45) is 0.440. The number of hydrogen-bond acceptors (Lipinski definition) is 6. The number of carbonyl (C=O) groups excluding carboxylic acids is 2. The van der Waals surface area contributed by atoms with Crippen molar-refractivity contribution < 1.29 is 23.5 Å². The van der Waals surface area contributed by atoms with Crippen LogP contribution in [0.1, 0.15) is 69.6 Å². The van der Waals surface area contributed by atoms with Gasteiger partial charge in [-0.25, -0.2) is 19.0 Å². The van der Waals surface area contributed by atoms with E-state index < -0.39 is 31.6 Å². The van der Waals surface area contributed by atoms with Crippen LogP contribution in [0.4, 0.5) is 14.0 Å². The Hall–Kier alpha value is -3.85. The summed E-state index contributed by atoms with van der Waals surface area (Å²) in [6, 6.07) is 11.3. The van der Waals surface area contributed by atoms with Gasteiger partial charge in [0.05, 0.1) is 46.4 Å². The molecule has 0 unspecified atom stereocenters. The Labute approximate surface area is 321 Å². The van der Waals surface area contributed by atoms with Crippen molar-refractivity contribution in [2.24, 2.45) is 5.92 Å². The van der Waals surface area contributed by atoms with Crippen molar-refractivity contribution in [3.63, 3.8) is 0 Å². The van der Waals surface area contributed by atoms with E-state index in [1.165, 1.54) is 0 Å². The third kappa shape index (κ3) is 7.35. The Kier molecular flexibility index (Phi) is 10.6. The van der Waals surface area contributed by atoms with E-state index in [0.29, 0.717) is 40.4 Å². The van der Waals surface area contributed by atoms with Crippen LogP contribution in [-0.4, -0.2) is 71.5 Å². The molecule has 53 heavy (non-hydrogen) atoms. The number of nitrogens with zero attached hydrogens (tertiary/aromatic N) is 5. The van der Waals surface area contributed by atoms with E-state index in [1.807, 2.05) is 51.7 Å². The second-order valence-corrected chi connectivity index (χ2v) is 23.1. The second kappa shape index (κ2) is 14.4. The van der Waals surface area contributed by atoms with Crippen molar-refractivity contribution in [2.45, 2.75) is 103 Å². The summed E-state index contributed by atoms with van der Waals surface area (Å²) in [5, 5.41) is 11.5. The largest absolute Gasteiger partial charge is 0.450 e. The zero-order chi connectivity index (χ0) is 38.7. The van der Waals surface area contributed by atoms with Gasteiger partial charge in [-0.1, -0.05) is 55.0 Å². The van der Waals surface area contributed by atoms with Gasteiger partial charge in [-0.2, -0.15) is 5.26 Å². The number of ether oxygens (including phenoxy) is 2. The molecule has 0 spiro atoms. The molecule has 3 aliphatic rings. The smallest absolute Gasteiger partial charge is 0.410 e. The lowest BCUT2D eigenvalue weighted by Crippen LogP contribution is -2.45. The predicted molar refractivity (Wildman–Crippen MR) is 211 cm³/mol. The van der Waals surface area contributed by atoms with Gasteiger partial charge in [-0.15, -0.1) is 0 Å². The molecule has 3 fully saturated rings. The molecule has 4 aromatic rings. The second-order valence-electron chi connectivity index (χ2n) is 16.7. The highest BCUT2D eigenvalue weighted by Crippen LogP contribution is 2.53. The monoisotopic (exact) mass is 779 g/mol. The molecule has 0 radical (unpaired) electrons. The minimum absolute atomic E-state index is 0.110. The zero-order valence-electron chi connectivity index (χ0n) is 31.9. The molecule has 4 heterocycles. The molecular formula is C40H48Cl2FN5O4Si. The molecule has 2 saturated heterocycles. The van der Waals surface area contributed by atoms with Crippen LogP contribution in [0.2, 0.25) is 35.7 Å². The van der Waals surface area contributed by atoms with E-state index in [9.17, 15) is 14.9 Å². The highest BCUT2D eigenvalue weighted by atomic mass is 35.5. The summed E-state index contributed by atoms with van der Waals surface area (Å²) in [5.41, 5.74) is 3.00. The van der Waals surface area contributed by atoms with Gasteiger partial charge in [0.15, 0.2) is 5.82 Å². The molecular weight excluding hydrogens is 732 g/mol. The lowest BCUT2D eigenvalue weighted by Gasteiger charge is -2.40. The van der Waals surface area contributed by atoms with Crippen LogP contribution in [0, 0.1) is 30.0 Å². The third-order valence-corrected chi connectivity index (χ3v) is 13.1. The van der Waals surface area contributed by atoms with Crippen molar-refractivity contribution in [1.82, 2.24) is 19.4 Å². The van der Waals surface area contributed by atoms with Crippen molar-refractivity contribution in [3.05, 3.63) is 63.1 Å². The standard InChI is InChI=1S/C40H48Cl2FN5O4Si/c1-22-27-20-30(23(2)46(6)38(49)51-16-17-53(7,8)9)48(36-25-19-31(36)47(21-25)39(50)52-40(3,4)5)37(27)28-18-24(12-11-15-44)32(34(43)35(28)45-22)26-13-10-14-29(41)33(26)42/h10,13-14,18,20,23,25,31,36H,11-12,16-17,19,21H2,1-9H3/t23-,25-,31-,36+/m1/s1. The molecule has 1 aliphatic carbocycles. The maximum atomic E-state index is 17.2. The maximum absolute atomic E-state index is 17.2. The number of nitriles is 1. The van der Waals surface area contributed by atoms with Crippen molar-refractivity contribution in [2.75, 3.05) is 20.2 Å². The van der Waals surface area contributed by atoms with Gasteiger partial charge in [0.1, 0.15) is 11.1 Å². The van der Waals surface area contributed by atoms with Gasteiger partial charge >= 0.3 is 12.2 Å². The van der Waals surface area contributed by atoms with Gasteiger partial charge in [0, 0.05) is 67.3 Å². The number of carbonyl (C=O) groups is 2. The van der Waals surface area contributed by atoms with Crippen LogP contribution >= 0.6 is 23.2 Å². The summed E-state index contributed by atoms with van der Waals surface area (Å²) in [4.78, 5) is 35.2. The first-order valence-corrected chi connectivity index (χ1v) is 22.7. The fraction of sp³-hybridized carbons (Fsp3) is 0.500. The summed E-state index contributed by atoms with van der Waals surface area (Å²) in [7, 11) is 0.305. The number of aryl methyl sites for hydroxylation is 2. The van der Waals surface area contributed by atoms with E-state index >= 15 is 4.39 Å². The molecule has 0 N–H and O–H groups in total. The van der Waals surface area contributed by atoms with Gasteiger partial charge in [0.2, 0.25) is 0 Å². The predicted octanol–water partition coefficient (Wildman–Crippen LogP) is 10.7. The molecule has 4 atom stereocenters. The van der Waals surface area contributed by atoms with Gasteiger partial charge < -0.3 is 23.8 Å². The zero-order valence-corrected chi connectivity index (χ0v) is 34.5. The Bertz CT molecular complexity index is 2150. The third-order valence-electron chi connectivity index (χ3n) is 10.6. The summed E-state index contributed by atoms with van der Waals surface area (Å²) >= 11 is 13.1. The van der Waals surface area contributed by atoms with Crippen molar-refractivity contribution in [1.29, 1.82) is 5.26 Å². The average Bonchev–Trinajstić information content (AvgIpc) is 3.78. The van der Waals surface area contributed by atoms with Crippen molar-refractivity contribution >= 4 is 65.3 Å². The molecule has 2 aromatic carbocycles. The van der Waals surface area contributed by atoms with Crippen LogP contribution in [0.5, 0.6) is 0 Å². The van der Waals surface area contributed by atoms with Crippen LogP contribution in [0.15, 0.2) is 30.3 Å².